The van der Waals surface area contributed by atoms with E-state index in [2.05, 4.69) is 31.0 Å². The van der Waals surface area contributed by atoms with E-state index in [1.807, 2.05) is 12.3 Å². The van der Waals surface area contributed by atoms with Crippen molar-refractivity contribution in [1.82, 2.24) is 16.3 Å². The Morgan fingerprint density at radius 3 is 2.20 bits per heavy atom. The Hall–Kier alpha value is -0.830. The van der Waals surface area contributed by atoms with Crippen molar-refractivity contribution in [3.05, 3.63) is 18.0 Å². The molecule has 4 N–H and O–H groups in total. The molecule has 0 amide bonds. The molecule has 0 aliphatic carbocycles. The van der Waals surface area contributed by atoms with Crippen molar-refractivity contribution in [2.75, 3.05) is 0 Å². The smallest absolute Gasteiger partial charge is 0.0675 e. The van der Waals surface area contributed by atoms with Gasteiger partial charge in [0.2, 0.25) is 0 Å². The van der Waals surface area contributed by atoms with Gasteiger partial charge in [0.1, 0.15) is 0 Å². The third-order valence-corrected chi connectivity index (χ3v) is 1.27. The van der Waals surface area contributed by atoms with E-state index >= 15 is 0 Å². The minimum Gasteiger partial charge on any atom is -0.344 e. The van der Waals surface area contributed by atoms with E-state index in [0.717, 1.165) is 5.69 Å². The molecular weight excluding hydrogens is 126 g/mol. The summed E-state index contributed by atoms with van der Waals surface area (Å²) < 4.78 is 0. The van der Waals surface area contributed by atoms with Crippen LogP contribution in [0.4, 0.5) is 0 Å². The van der Waals surface area contributed by atoms with Crippen LogP contribution in [0.2, 0.25) is 0 Å². The number of H-pyrrole nitrogens is 1. The lowest BCUT2D eigenvalue weighted by molar-refractivity contribution is 0.567. The molecule has 0 aliphatic heterocycles. The lowest BCUT2D eigenvalue weighted by Crippen LogP contribution is -2.11. The number of hydrogen-bond donors (Lipinski definition) is 2. The van der Waals surface area contributed by atoms with E-state index in [-0.39, 0.29) is 11.6 Å². The zero-order valence-corrected chi connectivity index (χ0v) is 6.81. The maximum absolute atomic E-state index is 4.06. The number of nitrogens with one attached hydrogen (secondary N) is 1. The van der Waals surface area contributed by atoms with Gasteiger partial charge in [0, 0.05) is 11.6 Å². The molecule has 3 nitrogen and oxygen atoms in total. The van der Waals surface area contributed by atoms with Gasteiger partial charge in [-0.25, -0.2) is 0 Å². The average Bonchev–Trinajstić information content (AvgIpc) is 2.08. The van der Waals surface area contributed by atoms with Gasteiger partial charge in [-0.15, -0.1) is 0 Å². The molecule has 0 saturated carbocycles. The number of nitrogens with zero attached hydrogens (tertiary/aromatic N) is 1. The number of aromatic nitrogens is 2. The van der Waals surface area contributed by atoms with Crippen molar-refractivity contribution in [2.45, 2.75) is 26.2 Å². The molecule has 0 aliphatic rings. The first kappa shape index (κ1) is 9.17. The van der Waals surface area contributed by atoms with E-state index in [9.17, 15) is 0 Å². The van der Waals surface area contributed by atoms with E-state index in [1.54, 1.807) is 0 Å². The molecule has 0 unspecified atom stereocenters. The molecule has 0 spiro atoms. The monoisotopic (exact) mass is 141 g/mol. The summed E-state index contributed by atoms with van der Waals surface area (Å²) in [6.45, 7) is 6.43. The van der Waals surface area contributed by atoms with Crippen molar-refractivity contribution in [1.29, 1.82) is 0 Å². The Labute approximate surface area is 61.4 Å². The van der Waals surface area contributed by atoms with Crippen LogP contribution in [0.15, 0.2) is 12.3 Å². The van der Waals surface area contributed by atoms with Crippen molar-refractivity contribution in [3.63, 3.8) is 0 Å². The standard InChI is InChI=1S/C7H12N2.H3N/c1-7(2,3)6-4-5-8-9-6;/h4-5H,1-3H3,(H,8,9);1H3. The minimum absolute atomic E-state index is 0. The predicted octanol–water partition coefficient (Wildman–Crippen LogP) is 1.87. The highest BCUT2D eigenvalue weighted by atomic mass is 15.1. The lowest BCUT2D eigenvalue weighted by Gasteiger charge is -2.13. The molecule has 0 aromatic carbocycles. The van der Waals surface area contributed by atoms with Crippen LogP contribution in [0, 0.1) is 0 Å². The molecule has 58 valence electrons. The zero-order valence-electron chi connectivity index (χ0n) is 6.81. The average molecular weight is 141 g/mol. The van der Waals surface area contributed by atoms with Crippen LogP contribution >= 0.6 is 0 Å². The third kappa shape index (κ3) is 1.84. The number of aromatic amines is 1. The summed E-state index contributed by atoms with van der Waals surface area (Å²) in [4.78, 5) is 0. The quantitative estimate of drug-likeness (QED) is 0.579. The molecule has 3 heteroatoms. The second-order valence-corrected chi connectivity index (χ2v) is 3.21. The molecule has 0 fully saturated rings. The Bertz CT molecular complexity index is 171. The van der Waals surface area contributed by atoms with Crippen molar-refractivity contribution in [2.24, 2.45) is 0 Å². The van der Waals surface area contributed by atoms with E-state index in [1.165, 1.54) is 0 Å². The Balaban J connectivity index is 0.000000810. The summed E-state index contributed by atoms with van der Waals surface area (Å²) in [6, 6.07) is 2.00. The van der Waals surface area contributed by atoms with Gasteiger partial charge in [-0.1, -0.05) is 20.8 Å². The van der Waals surface area contributed by atoms with Gasteiger partial charge in [-0.2, -0.15) is 5.10 Å². The second kappa shape index (κ2) is 2.84. The fourth-order valence-electron chi connectivity index (χ4n) is 0.678. The summed E-state index contributed by atoms with van der Waals surface area (Å²) in [5.74, 6) is 0. The highest BCUT2D eigenvalue weighted by molar-refractivity contribution is 5.09. The molecule has 0 saturated heterocycles. The zero-order chi connectivity index (χ0) is 6.91. The SMILES string of the molecule is CC(C)(C)c1cc[nH]n1.N. The van der Waals surface area contributed by atoms with Crippen molar-refractivity contribution in [3.8, 4) is 0 Å². The first-order valence-electron chi connectivity index (χ1n) is 3.11. The highest BCUT2D eigenvalue weighted by Crippen LogP contribution is 2.17. The van der Waals surface area contributed by atoms with Gasteiger partial charge in [0.25, 0.3) is 0 Å². The fraction of sp³-hybridized carbons (Fsp3) is 0.571. The molecule has 1 aromatic rings. The second-order valence-electron chi connectivity index (χ2n) is 3.21. The lowest BCUT2D eigenvalue weighted by atomic mass is 9.93. The molecule has 1 rings (SSSR count). The molecule has 1 aromatic heterocycles. The third-order valence-electron chi connectivity index (χ3n) is 1.27. The van der Waals surface area contributed by atoms with Gasteiger partial charge in [0.15, 0.2) is 0 Å². The van der Waals surface area contributed by atoms with Crippen molar-refractivity contribution >= 4 is 0 Å². The van der Waals surface area contributed by atoms with Crippen LogP contribution in [0.5, 0.6) is 0 Å². The largest absolute Gasteiger partial charge is 0.344 e. The predicted molar refractivity (Wildman–Crippen MR) is 42.3 cm³/mol. The fourth-order valence-corrected chi connectivity index (χ4v) is 0.678. The molecule has 10 heavy (non-hydrogen) atoms. The van der Waals surface area contributed by atoms with E-state index in [0.29, 0.717) is 0 Å². The number of rotatable bonds is 0. The normalized spacial score (nSPS) is 10.7. The molecule has 0 bridgehead atoms. The Kier molecular flexibility index (Phi) is 2.60. The topological polar surface area (TPSA) is 63.7 Å². The van der Waals surface area contributed by atoms with Crippen LogP contribution in [-0.4, -0.2) is 10.2 Å². The van der Waals surface area contributed by atoms with Crippen LogP contribution in [0.1, 0.15) is 26.5 Å². The summed E-state index contributed by atoms with van der Waals surface area (Å²) in [6.07, 6.45) is 1.85. The highest BCUT2D eigenvalue weighted by Gasteiger charge is 2.14. The van der Waals surface area contributed by atoms with Crippen LogP contribution in [-0.2, 0) is 5.41 Å². The van der Waals surface area contributed by atoms with Gasteiger partial charge in [-0.3, -0.25) is 5.10 Å². The van der Waals surface area contributed by atoms with Crippen molar-refractivity contribution < 1.29 is 0 Å². The van der Waals surface area contributed by atoms with Gasteiger partial charge < -0.3 is 6.15 Å². The van der Waals surface area contributed by atoms with E-state index in [4.69, 9.17) is 0 Å². The Morgan fingerprint density at radius 2 is 2.00 bits per heavy atom. The van der Waals surface area contributed by atoms with Gasteiger partial charge >= 0.3 is 0 Å². The molecular formula is C7H15N3. The summed E-state index contributed by atoms with van der Waals surface area (Å²) in [7, 11) is 0. The minimum atomic E-state index is 0. The first-order chi connectivity index (χ1) is 4.11. The summed E-state index contributed by atoms with van der Waals surface area (Å²) in [5.41, 5.74) is 1.29. The van der Waals surface area contributed by atoms with Gasteiger partial charge in [0.05, 0.1) is 5.69 Å². The van der Waals surface area contributed by atoms with E-state index < -0.39 is 0 Å². The maximum Gasteiger partial charge on any atom is 0.0675 e. The maximum atomic E-state index is 4.06. The Morgan fingerprint density at radius 1 is 1.40 bits per heavy atom. The van der Waals surface area contributed by atoms with Gasteiger partial charge in [-0.05, 0) is 6.07 Å². The number of hydrogen-bond acceptors (Lipinski definition) is 2. The molecule has 0 atom stereocenters. The van der Waals surface area contributed by atoms with Crippen LogP contribution < -0.4 is 6.15 Å². The first-order valence-corrected chi connectivity index (χ1v) is 3.11. The summed E-state index contributed by atoms with van der Waals surface area (Å²) >= 11 is 0. The molecule has 1 heterocycles. The summed E-state index contributed by atoms with van der Waals surface area (Å²) in [5, 5.41) is 6.85. The van der Waals surface area contributed by atoms with Crippen LogP contribution in [0.3, 0.4) is 0 Å². The molecule has 0 radical (unpaired) electrons. The van der Waals surface area contributed by atoms with Crippen LogP contribution in [0.25, 0.3) is 0 Å².